The van der Waals surface area contributed by atoms with Crippen LogP contribution >= 0.6 is 0 Å². The minimum atomic E-state index is 0.815. The molecule has 3 aliphatic carbocycles. The smallest absolute Gasteiger partial charge is 0.0207 e. The van der Waals surface area contributed by atoms with Gasteiger partial charge in [-0.15, -0.1) is 0 Å². The Morgan fingerprint density at radius 1 is 1.40 bits per heavy atom. The highest BCUT2D eigenvalue weighted by Gasteiger charge is 2.76. The number of hydrogen-bond acceptors (Lipinski definition) is 0. The van der Waals surface area contributed by atoms with E-state index in [4.69, 9.17) is 0 Å². The Morgan fingerprint density at radius 2 is 2.20 bits per heavy atom. The van der Waals surface area contributed by atoms with Crippen LogP contribution in [-0.4, -0.2) is 0 Å². The van der Waals surface area contributed by atoms with E-state index in [1.165, 1.54) is 0 Å². The summed E-state index contributed by atoms with van der Waals surface area (Å²) in [5.74, 6) is 2.20. The van der Waals surface area contributed by atoms with Gasteiger partial charge in [-0.2, -0.15) is 0 Å². The molecule has 3 aliphatic rings. The van der Waals surface area contributed by atoms with Crippen LogP contribution in [0.1, 0.15) is 39.5 Å². The van der Waals surface area contributed by atoms with Crippen molar-refractivity contribution in [3.63, 3.8) is 0 Å². The summed E-state index contributed by atoms with van der Waals surface area (Å²) in [5.41, 5.74) is 1.72. The molecule has 0 aliphatic heterocycles. The minimum absolute atomic E-state index is 0.815. The monoisotopic (exact) mass is 136 g/mol. The van der Waals surface area contributed by atoms with Gasteiger partial charge in [-0.05, 0) is 48.3 Å². The third kappa shape index (κ3) is 0.320. The van der Waals surface area contributed by atoms with Crippen molar-refractivity contribution in [2.75, 3.05) is 0 Å². The van der Waals surface area contributed by atoms with E-state index in [1.807, 2.05) is 0 Å². The summed E-state index contributed by atoms with van der Waals surface area (Å²) < 4.78 is 0. The lowest BCUT2D eigenvalue weighted by atomic mass is 9.70. The Labute approximate surface area is 63.0 Å². The van der Waals surface area contributed by atoms with Gasteiger partial charge in [0.15, 0.2) is 0 Å². The van der Waals surface area contributed by atoms with E-state index in [0.717, 1.165) is 22.7 Å². The first-order chi connectivity index (χ1) is 4.69. The third-order valence-corrected chi connectivity index (χ3v) is 5.14. The molecule has 0 N–H and O–H groups in total. The van der Waals surface area contributed by atoms with Crippen molar-refractivity contribution < 1.29 is 0 Å². The van der Waals surface area contributed by atoms with E-state index in [1.54, 1.807) is 25.7 Å². The van der Waals surface area contributed by atoms with E-state index < -0.39 is 0 Å². The van der Waals surface area contributed by atoms with E-state index in [2.05, 4.69) is 13.8 Å². The Balaban J connectivity index is 2.03. The molecule has 0 amide bonds. The predicted octanol–water partition coefficient (Wildman–Crippen LogP) is 2.83. The molecule has 0 bridgehead atoms. The molecule has 3 rings (SSSR count). The molecular formula is C10H16. The van der Waals surface area contributed by atoms with Gasteiger partial charge < -0.3 is 0 Å². The Morgan fingerprint density at radius 3 is 2.40 bits per heavy atom. The summed E-state index contributed by atoms with van der Waals surface area (Å²) in [5, 5.41) is 0. The molecule has 4 atom stereocenters. The topological polar surface area (TPSA) is 0 Å². The van der Waals surface area contributed by atoms with Crippen LogP contribution in [0.15, 0.2) is 0 Å². The van der Waals surface area contributed by atoms with E-state index >= 15 is 0 Å². The molecular weight excluding hydrogens is 120 g/mol. The summed E-state index contributed by atoms with van der Waals surface area (Å²) in [7, 11) is 0. The fourth-order valence-electron chi connectivity index (χ4n) is 3.99. The average Bonchev–Trinajstić information content (AvgIpc) is 2.48. The van der Waals surface area contributed by atoms with Gasteiger partial charge in [-0.1, -0.05) is 13.8 Å². The average molecular weight is 136 g/mol. The molecule has 3 fully saturated rings. The molecule has 0 heteroatoms. The summed E-state index contributed by atoms with van der Waals surface area (Å²) in [4.78, 5) is 0. The molecule has 0 nitrogen and oxygen atoms in total. The fourth-order valence-corrected chi connectivity index (χ4v) is 3.99. The molecule has 0 radical (unpaired) electrons. The van der Waals surface area contributed by atoms with Crippen LogP contribution in [0, 0.1) is 22.7 Å². The highest BCUT2D eigenvalue weighted by Crippen LogP contribution is 2.84. The van der Waals surface area contributed by atoms with Crippen LogP contribution in [0.4, 0.5) is 0 Å². The van der Waals surface area contributed by atoms with Crippen molar-refractivity contribution >= 4 is 0 Å². The van der Waals surface area contributed by atoms with Crippen molar-refractivity contribution in [3.8, 4) is 0 Å². The molecule has 0 aromatic carbocycles. The first kappa shape index (κ1) is 5.62. The first-order valence-corrected chi connectivity index (χ1v) is 4.69. The maximum absolute atomic E-state index is 2.52. The lowest BCUT2D eigenvalue weighted by Gasteiger charge is -2.35. The lowest BCUT2D eigenvalue weighted by Crippen LogP contribution is -2.26. The van der Waals surface area contributed by atoms with Crippen LogP contribution in [0.2, 0.25) is 0 Å². The molecule has 0 aromatic heterocycles. The largest absolute Gasteiger partial charge is 0.0620 e. The van der Waals surface area contributed by atoms with Crippen molar-refractivity contribution in [3.05, 3.63) is 0 Å². The molecule has 4 unspecified atom stereocenters. The zero-order valence-electron chi connectivity index (χ0n) is 6.98. The maximum Gasteiger partial charge on any atom is -0.0207 e. The molecule has 0 heterocycles. The lowest BCUT2D eigenvalue weighted by molar-refractivity contribution is 0.150. The molecule has 0 saturated heterocycles. The molecule has 10 heavy (non-hydrogen) atoms. The fraction of sp³-hybridized carbons (Fsp3) is 1.00. The van der Waals surface area contributed by atoms with E-state index in [9.17, 15) is 0 Å². The van der Waals surface area contributed by atoms with Gasteiger partial charge in [0, 0.05) is 0 Å². The summed E-state index contributed by atoms with van der Waals surface area (Å²) in [6.45, 7) is 4.99. The van der Waals surface area contributed by atoms with Crippen LogP contribution in [0.3, 0.4) is 0 Å². The third-order valence-electron chi connectivity index (χ3n) is 5.14. The first-order valence-electron chi connectivity index (χ1n) is 4.69. The molecule has 0 aromatic rings. The van der Waals surface area contributed by atoms with Crippen molar-refractivity contribution in [1.29, 1.82) is 0 Å². The quantitative estimate of drug-likeness (QED) is 0.480. The second-order valence-electron chi connectivity index (χ2n) is 5.12. The van der Waals surface area contributed by atoms with Crippen LogP contribution in [0.5, 0.6) is 0 Å². The van der Waals surface area contributed by atoms with Crippen molar-refractivity contribution in [2.24, 2.45) is 22.7 Å². The molecule has 56 valence electrons. The predicted molar refractivity (Wildman–Crippen MR) is 41.7 cm³/mol. The second-order valence-corrected chi connectivity index (χ2v) is 5.12. The Bertz CT molecular complexity index is 188. The number of hydrogen-bond donors (Lipinski definition) is 0. The van der Waals surface area contributed by atoms with Gasteiger partial charge >= 0.3 is 0 Å². The molecule has 1 spiro atoms. The highest BCUT2D eigenvalue weighted by molar-refractivity contribution is 5.25. The van der Waals surface area contributed by atoms with Crippen LogP contribution in [0.25, 0.3) is 0 Å². The summed E-state index contributed by atoms with van der Waals surface area (Å²) >= 11 is 0. The van der Waals surface area contributed by atoms with Gasteiger partial charge in [0.05, 0.1) is 0 Å². The zero-order chi connectivity index (χ0) is 6.98. The Kier molecular flexibility index (Phi) is 0.669. The van der Waals surface area contributed by atoms with Crippen molar-refractivity contribution in [1.82, 2.24) is 0 Å². The highest BCUT2D eigenvalue weighted by atomic mass is 14.8. The standard InChI is InChI=1S/C10H16/c1-7-5-8-3-4-10(8)6-9(7,10)2/h7-8H,3-6H2,1-2H3. The minimum Gasteiger partial charge on any atom is -0.0620 e. The van der Waals surface area contributed by atoms with Gasteiger partial charge in [0.25, 0.3) is 0 Å². The summed E-state index contributed by atoms with van der Waals surface area (Å²) in [6.07, 6.45) is 6.25. The van der Waals surface area contributed by atoms with Gasteiger partial charge in [0.1, 0.15) is 0 Å². The Hall–Kier alpha value is 0. The maximum atomic E-state index is 2.52. The van der Waals surface area contributed by atoms with Gasteiger partial charge in [-0.25, -0.2) is 0 Å². The second kappa shape index (κ2) is 1.19. The normalized spacial score (nSPS) is 70.2. The molecule has 3 saturated carbocycles. The van der Waals surface area contributed by atoms with Gasteiger partial charge in [0.2, 0.25) is 0 Å². The van der Waals surface area contributed by atoms with Crippen LogP contribution in [-0.2, 0) is 0 Å². The van der Waals surface area contributed by atoms with Gasteiger partial charge in [-0.3, -0.25) is 0 Å². The number of rotatable bonds is 0. The van der Waals surface area contributed by atoms with Crippen LogP contribution < -0.4 is 0 Å². The van der Waals surface area contributed by atoms with Crippen molar-refractivity contribution in [2.45, 2.75) is 39.5 Å². The SMILES string of the molecule is CC1CC2CCC23CC13C. The van der Waals surface area contributed by atoms with E-state index in [0.29, 0.717) is 0 Å². The zero-order valence-corrected chi connectivity index (χ0v) is 6.98. The van der Waals surface area contributed by atoms with E-state index in [-0.39, 0.29) is 0 Å². The summed E-state index contributed by atoms with van der Waals surface area (Å²) in [6, 6.07) is 0.